The number of hydrogen-bond acceptors (Lipinski definition) is 6. The van der Waals surface area contributed by atoms with E-state index in [0.717, 1.165) is 11.0 Å². The molecule has 1 aromatic carbocycles. The average Bonchev–Trinajstić information content (AvgIpc) is 3.10. The predicted molar refractivity (Wildman–Crippen MR) is 77.6 cm³/mol. The van der Waals surface area contributed by atoms with Gasteiger partial charge < -0.3 is 14.2 Å². The molecule has 1 atom stereocenters. The van der Waals surface area contributed by atoms with Gasteiger partial charge in [0.25, 0.3) is 11.8 Å². The molecular formula is C16H16FNO6. The lowest BCUT2D eigenvalue weighted by molar-refractivity contribution is -0.199. The minimum atomic E-state index is -1.32. The zero-order valence-electron chi connectivity index (χ0n) is 13.2. The molecule has 2 aliphatic heterocycles. The van der Waals surface area contributed by atoms with Crippen molar-refractivity contribution in [2.45, 2.75) is 12.7 Å². The summed E-state index contributed by atoms with van der Waals surface area (Å²) in [4.78, 5) is 37.8. The maximum absolute atomic E-state index is 13.9. The van der Waals surface area contributed by atoms with E-state index in [2.05, 4.69) is 0 Å². The minimum absolute atomic E-state index is 0.0259. The van der Waals surface area contributed by atoms with E-state index in [9.17, 15) is 18.8 Å². The number of carbonyl (C=O) groups excluding carboxylic acids is 3. The Bertz CT molecular complexity index is 713. The molecule has 8 heteroatoms. The van der Waals surface area contributed by atoms with E-state index in [1.165, 1.54) is 19.2 Å². The first-order valence-electron chi connectivity index (χ1n) is 7.39. The lowest BCUT2D eigenvalue weighted by atomic mass is 9.99. The van der Waals surface area contributed by atoms with E-state index in [0.29, 0.717) is 0 Å². The third-order valence-corrected chi connectivity index (χ3v) is 4.29. The van der Waals surface area contributed by atoms with Crippen molar-refractivity contribution in [1.29, 1.82) is 0 Å². The first-order valence-corrected chi connectivity index (χ1v) is 7.39. The molecule has 0 radical (unpaired) electrons. The van der Waals surface area contributed by atoms with Gasteiger partial charge in [-0.3, -0.25) is 19.3 Å². The number of rotatable bonds is 4. The van der Waals surface area contributed by atoms with Crippen molar-refractivity contribution in [1.82, 2.24) is 4.90 Å². The van der Waals surface area contributed by atoms with Gasteiger partial charge in [0.05, 0.1) is 31.5 Å². The molecule has 0 spiro atoms. The Balaban J connectivity index is 1.91. The van der Waals surface area contributed by atoms with Crippen LogP contribution in [0.3, 0.4) is 0 Å². The van der Waals surface area contributed by atoms with Gasteiger partial charge in [0.2, 0.25) is 0 Å². The molecule has 0 aliphatic carbocycles. The van der Waals surface area contributed by atoms with Gasteiger partial charge >= 0.3 is 5.97 Å². The summed E-state index contributed by atoms with van der Waals surface area (Å²) in [6.45, 7) is 1.77. The number of esters is 1. The Labute approximate surface area is 137 Å². The van der Waals surface area contributed by atoms with Crippen LogP contribution in [0.15, 0.2) is 18.2 Å². The fourth-order valence-electron chi connectivity index (χ4n) is 2.97. The first-order chi connectivity index (χ1) is 11.4. The Morgan fingerprint density at radius 1 is 1.33 bits per heavy atom. The fourth-order valence-corrected chi connectivity index (χ4v) is 2.97. The van der Waals surface area contributed by atoms with Gasteiger partial charge in [-0.25, -0.2) is 4.39 Å². The normalized spacial score (nSPS) is 20.2. The van der Waals surface area contributed by atoms with Crippen molar-refractivity contribution in [3.8, 4) is 0 Å². The molecule has 2 aliphatic rings. The summed E-state index contributed by atoms with van der Waals surface area (Å²) in [6, 6.07) is 3.83. The molecule has 7 nitrogen and oxygen atoms in total. The lowest BCUT2D eigenvalue weighted by Crippen LogP contribution is -2.49. The van der Waals surface area contributed by atoms with Crippen LogP contribution in [-0.4, -0.2) is 55.3 Å². The summed E-state index contributed by atoms with van der Waals surface area (Å²) in [6.07, 6.45) is 0. The zero-order valence-corrected chi connectivity index (χ0v) is 13.2. The van der Waals surface area contributed by atoms with Crippen molar-refractivity contribution in [2.75, 3.05) is 26.9 Å². The molecule has 0 N–H and O–H groups in total. The molecule has 1 saturated heterocycles. The van der Waals surface area contributed by atoms with Crippen LogP contribution in [-0.2, 0) is 19.0 Å². The highest BCUT2D eigenvalue weighted by Crippen LogP contribution is 2.32. The van der Waals surface area contributed by atoms with Crippen LogP contribution < -0.4 is 0 Å². The smallest absolute Gasteiger partial charge is 0.315 e. The Morgan fingerprint density at radius 2 is 2.00 bits per heavy atom. The van der Waals surface area contributed by atoms with E-state index in [1.807, 2.05) is 0 Å². The highest BCUT2D eigenvalue weighted by atomic mass is 19.1. The Hall–Kier alpha value is -2.32. The second kappa shape index (κ2) is 5.95. The summed E-state index contributed by atoms with van der Waals surface area (Å²) in [5.74, 6) is -5.27. The largest absolute Gasteiger partial charge is 0.469 e. The van der Waals surface area contributed by atoms with Gasteiger partial charge in [-0.2, -0.15) is 0 Å². The summed E-state index contributed by atoms with van der Waals surface area (Å²) < 4.78 is 29.6. The summed E-state index contributed by atoms with van der Waals surface area (Å²) in [7, 11) is 1.19. The molecule has 0 bridgehead atoms. The van der Waals surface area contributed by atoms with Crippen molar-refractivity contribution in [2.24, 2.45) is 5.92 Å². The van der Waals surface area contributed by atoms with E-state index < -0.39 is 35.3 Å². The topological polar surface area (TPSA) is 82.1 Å². The summed E-state index contributed by atoms with van der Waals surface area (Å²) >= 11 is 0. The van der Waals surface area contributed by atoms with Crippen LogP contribution in [0.4, 0.5) is 4.39 Å². The van der Waals surface area contributed by atoms with Crippen LogP contribution in [0.5, 0.6) is 0 Å². The first kappa shape index (κ1) is 16.5. The summed E-state index contributed by atoms with van der Waals surface area (Å²) in [5, 5.41) is 0. The molecule has 1 aromatic rings. The summed E-state index contributed by atoms with van der Waals surface area (Å²) in [5.41, 5.74) is -0.313. The van der Waals surface area contributed by atoms with Crippen LogP contribution in [0, 0.1) is 11.7 Å². The van der Waals surface area contributed by atoms with Gasteiger partial charge in [0, 0.05) is 6.54 Å². The van der Waals surface area contributed by atoms with Crippen LogP contribution >= 0.6 is 0 Å². The van der Waals surface area contributed by atoms with Gasteiger partial charge in [0.15, 0.2) is 5.79 Å². The van der Waals surface area contributed by atoms with E-state index in [1.54, 1.807) is 6.92 Å². The maximum Gasteiger partial charge on any atom is 0.315 e. The van der Waals surface area contributed by atoms with Gasteiger partial charge in [-0.05, 0) is 19.1 Å². The zero-order chi connectivity index (χ0) is 17.5. The molecular weight excluding hydrogens is 321 g/mol. The highest BCUT2D eigenvalue weighted by molar-refractivity contribution is 6.21. The molecule has 2 heterocycles. The molecule has 1 unspecified atom stereocenters. The molecule has 3 rings (SSSR count). The number of benzene rings is 1. The average molecular weight is 337 g/mol. The molecule has 128 valence electrons. The quantitative estimate of drug-likeness (QED) is 0.602. The van der Waals surface area contributed by atoms with Crippen molar-refractivity contribution < 1.29 is 33.0 Å². The van der Waals surface area contributed by atoms with Gasteiger partial charge in [-0.1, -0.05) is 6.07 Å². The van der Waals surface area contributed by atoms with Crippen LogP contribution in [0.1, 0.15) is 27.6 Å². The van der Waals surface area contributed by atoms with Gasteiger partial charge in [0.1, 0.15) is 11.7 Å². The molecule has 2 amide bonds. The monoisotopic (exact) mass is 337 g/mol. The van der Waals surface area contributed by atoms with E-state index in [4.69, 9.17) is 14.2 Å². The second-order valence-electron chi connectivity index (χ2n) is 5.67. The Kier molecular flexibility index (Phi) is 4.10. The predicted octanol–water partition coefficient (Wildman–Crippen LogP) is 0.974. The van der Waals surface area contributed by atoms with Crippen molar-refractivity contribution in [3.63, 3.8) is 0 Å². The number of amides is 2. The maximum atomic E-state index is 13.9. The lowest BCUT2D eigenvalue weighted by Gasteiger charge is -2.32. The number of carbonyl (C=O) groups is 3. The number of halogens is 1. The number of nitrogens with zero attached hydrogens (tertiary/aromatic N) is 1. The minimum Gasteiger partial charge on any atom is -0.469 e. The number of hydrogen-bond donors (Lipinski definition) is 0. The van der Waals surface area contributed by atoms with Crippen molar-refractivity contribution >= 4 is 17.8 Å². The highest BCUT2D eigenvalue weighted by Gasteiger charge is 2.49. The number of imide groups is 1. The second-order valence-corrected chi connectivity index (χ2v) is 5.67. The molecule has 1 fully saturated rings. The SMILES string of the molecule is COC(=O)C(CN1C(=O)c2cccc(F)c2C1=O)C1(C)OCCO1. The molecule has 24 heavy (non-hydrogen) atoms. The van der Waals surface area contributed by atoms with E-state index >= 15 is 0 Å². The van der Waals surface area contributed by atoms with Crippen LogP contribution in [0.2, 0.25) is 0 Å². The Morgan fingerprint density at radius 3 is 2.58 bits per heavy atom. The van der Waals surface area contributed by atoms with Gasteiger partial charge in [-0.15, -0.1) is 0 Å². The number of methoxy groups -OCH3 is 1. The van der Waals surface area contributed by atoms with Crippen LogP contribution in [0.25, 0.3) is 0 Å². The van der Waals surface area contributed by atoms with E-state index in [-0.39, 0.29) is 30.9 Å². The third-order valence-electron chi connectivity index (χ3n) is 4.29. The fraction of sp³-hybridized carbons (Fsp3) is 0.438. The van der Waals surface area contributed by atoms with Crippen molar-refractivity contribution in [3.05, 3.63) is 35.1 Å². The molecule has 0 aromatic heterocycles. The standard InChI is InChI=1S/C16H16FNO6/c1-16(23-6-7-24-16)10(15(21)22-2)8-18-13(19)9-4-3-5-11(17)12(9)14(18)20/h3-5,10H,6-8H2,1-2H3. The number of ether oxygens (including phenoxy) is 3. The number of fused-ring (bicyclic) bond motifs is 1. The molecule has 0 saturated carbocycles. The third kappa shape index (κ3) is 2.47.